The highest BCUT2D eigenvalue weighted by Crippen LogP contribution is 2.50. The van der Waals surface area contributed by atoms with E-state index in [9.17, 15) is 9.59 Å². The number of hydrogen-bond donors (Lipinski definition) is 1. The maximum absolute atomic E-state index is 13.8. The number of para-hydroxylation sites is 1. The number of esters is 1. The molecule has 0 aromatic heterocycles. The Hall–Kier alpha value is -3.80. The predicted molar refractivity (Wildman–Crippen MR) is 162 cm³/mol. The molecule has 1 fully saturated rings. The number of aliphatic imine (C=N–C) groups is 1. The van der Waals surface area contributed by atoms with Gasteiger partial charge in [-0.3, -0.25) is 9.69 Å². The van der Waals surface area contributed by atoms with Gasteiger partial charge in [0.05, 0.1) is 57.8 Å². The van der Waals surface area contributed by atoms with Gasteiger partial charge in [-0.05, 0) is 18.4 Å². The van der Waals surface area contributed by atoms with Crippen LogP contribution in [-0.4, -0.2) is 87.1 Å². The van der Waals surface area contributed by atoms with E-state index in [-0.39, 0.29) is 18.9 Å². The molecule has 1 saturated heterocycles. The molecule has 3 heterocycles. The Morgan fingerprint density at radius 3 is 2.57 bits per heavy atom. The zero-order valence-electron chi connectivity index (χ0n) is 24.1. The molecule has 0 saturated carbocycles. The quantitative estimate of drug-likeness (QED) is 0.390. The second kappa shape index (κ2) is 13.9. The minimum absolute atomic E-state index is 0.108. The maximum Gasteiger partial charge on any atom is 0.338 e. The SMILES string of the molecule is CCOC(=O)C1=C(c2ccccc2)N=C2SC=C(CC(=O)NCCN3CCOCC3)N2[C@@H]1c1cccc(OC)c1OC. The van der Waals surface area contributed by atoms with Crippen LogP contribution in [0, 0.1) is 0 Å². The number of carbonyl (C=O) groups excluding carboxylic acids is 2. The maximum atomic E-state index is 13.8. The first kappa shape index (κ1) is 29.7. The minimum atomic E-state index is -0.681. The first-order chi connectivity index (χ1) is 20.5. The topological polar surface area (TPSA) is 102 Å². The Balaban J connectivity index is 1.52. The molecule has 3 aliphatic heterocycles. The van der Waals surface area contributed by atoms with E-state index in [2.05, 4.69) is 10.2 Å². The normalized spacial score (nSPS) is 18.6. The van der Waals surface area contributed by atoms with E-state index < -0.39 is 12.0 Å². The predicted octanol–water partition coefficient (Wildman–Crippen LogP) is 3.82. The van der Waals surface area contributed by atoms with E-state index in [1.807, 2.05) is 58.8 Å². The van der Waals surface area contributed by atoms with Crippen LogP contribution in [0.1, 0.15) is 30.5 Å². The minimum Gasteiger partial charge on any atom is -0.493 e. The van der Waals surface area contributed by atoms with Crippen molar-refractivity contribution < 1.29 is 28.5 Å². The summed E-state index contributed by atoms with van der Waals surface area (Å²) in [7, 11) is 3.15. The summed E-state index contributed by atoms with van der Waals surface area (Å²) in [5.41, 5.74) is 3.09. The lowest BCUT2D eigenvalue weighted by Gasteiger charge is -2.37. The monoisotopic (exact) mass is 592 g/mol. The average Bonchev–Trinajstić information content (AvgIpc) is 3.42. The van der Waals surface area contributed by atoms with E-state index in [0.29, 0.717) is 53.3 Å². The zero-order chi connectivity index (χ0) is 29.5. The van der Waals surface area contributed by atoms with Gasteiger partial charge in [0.1, 0.15) is 0 Å². The standard InChI is InChI=1S/C31H36N4O6S/c1-4-41-30(37)26-27(21-9-6-5-7-10-21)33-31-35(28(26)23-11-8-12-24(38-2)29(23)39-3)22(20-42-31)19-25(36)32-13-14-34-15-17-40-18-16-34/h5-12,20,28H,4,13-19H2,1-3H3,(H,32,36)/t28-/m1/s1. The van der Waals surface area contributed by atoms with Crippen molar-refractivity contribution in [3.05, 3.63) is 76.3 Å². The van der Waals surface area contributed by atoms with E-state index in [1.54, 1.807) is 21.1 Å². The third-order valence-electron chi connectivity index (χ3n) is 7.28. The number of thioether (sulfide) groups is 1. The fraction of sp³-hybridized carbons (Fsp3) is 0.387. The molecule has 2 aromatic rings. The molecule has 0 aliphatic carbocycles. The number of amidine groups is 1. The van der Waals surface area contributed by atoms with Crippen molar-refractivity contribution in [3.8, 4) is 11.5 Å². The van der Waals surface area contributed by atoms with Crippen molar-refractivity contribution in [2.75, 3.05) is 60.2 Å². The molecule has 0 spiro atoms. The van der Waals surface area contributed by atoms with Crippen LogP contribution < -0.4 is 14.8 Å². The van der Waals surface area contributed by atoms with Gasteiger partial charge in [0.25, 0.3) is 0 Å². The second-order valence-electron chi connectivity index (χ2n) is 9.81. The number of hydrogen-bond acceptors (Lipinski definition) is 10. The number of rotatable bonds is 11. The molecule has 11 heteroatoms. The Morgan fingerprint density at radius 1 is 1.07 bits per heavy atom. The second-order valence-corrected chi connectivity index (χ2v) is 10.6. The van der Waals surface area contributed by atoms with Crippen molar-refractivity contribution in [2.45, 2.75) is 19.4 Å². The first-order valence-electron chi connectivity index (χ1n) is 14.0. The van der Waals surface area contributed by atoms with Crippen LogP contribution in [0.25, 0.3) is 5.70 Å². The molecule has 1 amide bonds. The molecule has 1 atom stereocenters. The van der Waals surface area contributed by atoms with Crippen LogP contribution in [0.15, 0.2) is 70.2 Å². The average molecular weight is 593 g/mol. The van der Waals surface area contributed by atoms with Crippen molar-refractivity contribution in [3.63, 3.8) is 0 Å². The number of nitrogens with one attached hydrogen (secondary N) is 1. The number of methoxy groups -OCH3 is 2. The summed E-state index contributed by atoms with van der Waals surface area (Å²) in [5, 5.41) is 5.64. The third kappa shape index (κ3) is 6.33. The number of benzene rings is 2. The number of amides is 1. The molecule has 3 aliphatic rings. The van der Waals surface area contributed by atoms with Crippen LogP contribution in [0.5, 0.6) is 11.5 Å². The number of carbonyl (C=O) groups is 2. The van der Waals surface area contributed by atoms with Gasteiger partial charge < -0.3 is 29.2 Å². The van der Waals surface area contributed by atoms with Gasteiger partial charge in [0.2, 0.25) is 5.91 Å². The van der Waals surface area contributed by atoms with Crippen molar-refractivity contribution in [1.29, 1.82) is 0 Å². The Morgan fingerprint density at radius 2 is 1.86 bits per heavy atom. The van der Waals surface area contributed by atoms with Crippen molar-refractivity contribution in [1.82, 2.24) is 15.1 Å². The first-order valence-corrected chi connectivity index (χ1v) is 14.9. The highest BCUT2D eigenvalue weighted by atomic mass is 32.2. The molecule has 10 nitrogen and oxygen atoms in total. The van der Waals surface area contributed by atoms with Crippen LogP contribution in [0.2, 0.25) is 0 Å². The van der Waals surface area contributed by atoms with Gasteiger partial charge in [-0.25, -0.2) is 9.79 Å². The summed E-state index contributed by atoms with van der Waals surface area (Å²) < 4.78 is 22.5. The lowest BCUT2D eigenvalue weighted by Crippen LogP contribution is -2.42. The summed E-state index contributed by atoms with van der Waals surface area (Å²) in [6.07, 6.45) is 0.120. The Bertz CT molecular complexity index is 1390. The number of nitrogens with zero attached hydrogens (tertiary/aromatic N) is 3. The molecule has 2 aromatic carbocycles. The molecule has 1 N–H and O–H groups in total. The molecular formula is C31H36N4O6S. The van der Waals surface area contributed by atoms with E-state index in [4.69, 9.17) is 23.9 Å². The molecule has 0 radical (unpaired) electrons. The van der Waals surface area contributed by atoms with E-state index in [1.165, 1.54) is 11.8 Å². The van der Waals surface area contributed by atoms with Crippen LogP contribution in [-0.2, 0) is 19.1 Å². The zero-order valence-corrected chi connectivity index (χ0v) is 24.9. The number of fused-ring (bicyclic) bond motifs is 1. The summed E-state index contributed by atoms with van der Waals surface area (Å²) in [4.78, 5) is 36.1. The molecular weight excluding hydrogens is 556 g/mol. The van der Waals surface area contributed by atoms with Gasteiger partial charge >= 0.3 is 5.97 Å². The largest absolute Gasteiger partial charge is 0.493 e. The van der Waals surface area contributed by atoms with E-state index in [0.717, 1.165) is 30.9 Å². The van der Waals surface area contributed by atoms with Crippen LogP contribution in [0.4, 0.5) is 0 Å². The smallest absolute Gasteiger partial charge is 0.338 e. The number of ether oxygens (including phenoxy) is 4. The summed E-state index contributed by atoms with van der Waals surface area (Å²) in [6.45, 7) is 6.43. The molecule has 42 heavy (non-hydrogen) atoms. The van der Waals surface area contributed by atoms with Gasteiger partial charge in [0, 0.05) is 43.0 Å². The number of morpholine rings is 1. The van der Waals surface area contributed by atoms with Gasteiger partial charge in [-0.1, -0.05) is 54.2 Å². The fourth-order valence-corrected chi connectivity index (χ4v) is 6.23. The molecule has 222 valence electrons. The van der Waals surface area contributed by atoms with Gasteiger partial charge in [0.15, 0.2) is 16.7 Å². The Kier molecular flexibility index (Phi) is 9.83. The van der Waals surface area contributed by atoms with Crippen LogP contribution >= 0.6 is 11.8 Å². The fourth-order valence-electron chi connectivity index (χ4n) is 5.32. The van der Waals surface area contributed by atoms with Crippen molar-refractivity contribution >= 4 is 34.5 Å². The Labute approximate surface area is 250 Å². The molecule has 0 unspecified atom stereocenters. The van der Waals surface area contributed by atoms with Crippen molar-refractivity contribution in [2.24, 2.45) is 4.99 Å². The molecule has 0 bridgehead atoms. The lowest BCUT2D eigenvalue weighted by atomic mass is 9.90. The highest BCUT2D eigenvalue weighted by molar-refractivity contribution is 8.16. The van der Waals surface area contributed by atoms with Gasteiger partial charge in [-0.2, -0.15) is 0 Å². The van der Waals surface area contributed by atoms with Crippen LogP contribution in [0.3, 0.4) is 0 Å². The highest BCUT2D eigenvalue weighted by Gasteiger charge is 2.43. The van der Waals surface area contributed by atoms with Gasteiger partial charge in [-0.15, -0.1) is 0 Å². The summed E-state index contributed by atoms with van der Waals surface area (Å²) in [6, 6.07) is 14.5. The lowest BCUT2D eigenvalue weighted by molar-refractivity contribution is -0.139. The summed E-state index contributed by atoms with van der Waals surface area (Å²) in [5.74, 6) is 0.428. The summed E-state index contributed by atoms with van der Waals surface area (Å²) >= 11 is 1.42. The third-order valence-corrected chi connectivity index (χ3v) is 8.16. The molecule has 5 rings (SSSR count). The van der Waals surface area contributed by atoms with E-state index >= 15 is 0 Å².